The fourth-order valence-corrected chi connectivity index (χ4v) is 3.01. The number of halogens is 1. The minimum Gasteiger partial charge on any atom is -0.294 e. The van der Waals surface area contributed by atoms with Crippen molar-refractivity contribution in [3.63, 3.8) is 0 Å². The van der Waals surface area contributed by atoms with Crippen LogP contribution < -0.4 is 0 Å². The maximum Gasteiger partial charge on any atom is 0.0462 e. The van der Waals surface area contributed by atoms with Crippen LogP contribution in [-0.4, -0.2) is 18.0 Å². The van der Waals surface area contributed by atoms with Crippen LogP contribution in [0.5, 0.6) is 0 Å². The van der Waals surface area contributed by atoms with E-state index in [1.54, 1.807) is 0 Å². The van der Waals surface area contributed by atoms with Crippen LogP contribution >= 0.6 is 15.9 Å². The summed E-state index contributed by atoms with van der Waals surface area (Å²) in [6.45, 7) is 7.01. The van der Waals surface area contributed by atoms with E-state index in [1.807, 2.05) is 0 Å². The second-order valence-corrected chi connectivity index (χ2v) is 5.94. The molecule has 0 saturated heterocycles. The predicted octanol–water partition coefficient (Wildman–Crippen LogP) is 4.56. The van der Waals surface area contributed by atoms with Crippen LogP contribution in [-0.2, 0) is 5.54 Å². The van der Waals surface area contributed by atoms with Crippen molar-refractivity contribution in [3.05, 3.63) is 34.3 Å². The van der Waals surface area contributed by atoms with Gasteiger partial charge in [-0.05, 0) is 56.5 Å². The van der Waals surface area contributed by atoms with Gasteiger partial charge in [0.1, 0.15) is 0 Å². The molecule has 1 saturated carbocycles. The van der Waals surface area contributed by atoms with Gasteiger partial charge in [-0.15, -0.1) is 0 Å². The zero-order chi connectivity index (χ0) is 12.3. The summed E-state index contributed by atoms with van der Waals surface area (Å²) in [6.07, 6.45) is 5.15. The molecule has 0 N–H and O–H groups in total. The maximum absolute atomic E-state index is 3.52. The average Bonchev–Trinajstić information content (AvgIpc) is 3.11. The monoisotopic (exact) mass is 295 g/mol. The summed E-state index contributed by atoms with van der Waals surface area (Å²) in [5, 5.41) is 0. The summed E-state index contributed by atoms with van der Waals surface area (Å²) in [5.41, 5.74) is 1.87. The molecule has 1 aromatic rings. The van der Waals surface area contributed by atoms with Gasteiger partial charge in [-0.1, -0.05) is 41.9 Å². The van der Waals surface area contributed by atoms with E-state index in [0.29, 0.717) is 5.54 Å². The second-order valence-electron chi connectivity index (χ2n) is 5.03. The molecule has 1 aromatic carbocycles. The van der Waals surface area contributed by atoms with Gasteiger partial charge in [0.15, 0.2) is 0 Å². The van der Waals surface area contributed by atoms with Crippen molar-refractivity contribution in [3.8, 4) is 0 Å². The van der Waals surface area contributed by atoms with Gasteiger partial charge in [0.05, 0.1) is 0 Å². The molecule has 2 heteroatoms. The molecule has 94 valence electrons. The molecular formula is C15H22BrN. The van der Waals surface area contributed by atoms with E-state index < -0.39 is 0 Å². The molecular weight excluding hydrogens is 274 g/mol. The Morgan fingerprint density at radius 2 is 1.59 bits per heavy atom. The third kappa shape index (κ3) is 2.74. The molecule has 0 aromatic heterocycles. The van der Waals surface area contributed by atoms with Crippen molar-refractivity contribution >= 4 is 15.9 Å². The predicted molar refractivity (Wildman–Crippen MR) is 77.2 cm³/mol. The molecule has 0 atom stereocenters. The van der Waals surface area contributed by atoms with Gasteiger partial charge in [0.2, 0.25) is 0 Å². The standard InChI is InChI=1S/C15H22BrN/c1-3-11-17(12-4-2)15(9-10-15)13-5-7-14(16)8-6-13/h5-8H,3-4,9-12H2,1-2H3. The van der Waals surface area contributed by atoms with Crippen LogP contribution in [0.25, 0.3) is 0 Å². The molecule has 17 heavy (non-hydrogen) atoms. The lowest BCUT2D eigenvalue weighted by Gasteiger charge is -2.32. The molecule has 1 aliphatic carbocycles. The SMILES string of the molecule is CCCN(CCC)C1(c2ccc(Br)cc2)CC1. The molecule has 1 aliphatic rings. The summed E-state index contributed by atoms with van der Waals surface area (Å²) in [4.78, 5) is 2.69. The van der Waals surface area contributed by atoms with E-state index in [4.69, 9.17) is 0 Å². The Morgan fingerprint density at radius 3 is 2.00 bits per heavy atom. The minimum absolute atomic E-state index is 0.368. The second kappa shape index (κ2) is 5.53. The molecule has 2 rings (SSSR count). The topological polar surface area (TPSA) is 3.24 Å². The van der Waals surface area contributed by atoms with Crippen LogP contribution in [0.15, 0.2) is 28.7 Å². The molecule has 0 heterocycles. The first-order valence-electron chi connectivity index (χ1n) is 6.74. The van der Waals surface area contributed by atoms with Gasteiger partial charge < -0.3 is 0 Å². The lowest BCUT2D eigenvalue weighted by atomic mass is 10.0. The summed E-state index contributed by atoms with van der Waals surface area (Å²) < 4.78 is 1.18. The molecule has 0 radical (unpaired) electrons. The zero-order valence-electron chi connectivity index (χ0n) is 10.9. The smallest absolute Gasteiger partial charge is 0.0462 e. The summed E-state index contributed by atoms with van der Waals surface area (Å²) in [7, 11) is 0. The number of benzene rings is 1. The Labute approximate surface area is 113 Å². The largest absolute Gasteiger partial charge is 0.294 e. The molecule has 0 unspecified atom stereocenters. The van der Waals surface area contributed by atoms with Crippen LogP contribution in [0.4, 0.5) is 0 Å². The Hall–Kier alpha value is -0.340. The quantitative estimate of drug-likeness (QED) is 0.744. The van der Waals surface area contributed by atoms with Crippen molar-refractivity contribution in [2.24, 2.45) is 0 Å². The highest BCUT2D eigenvalue weighted by molar-refractivity contribution is 9.10. The number of nitrogens with zero attached hydrogens (tertiary/aromatic N) is 1. The van der Waals surface area contributed by atoms with Crippen molar-refractivity contribution in [2.45, 2.75) is 45.1 Å². The first kappa shape index (κ1) is 13.1. The molecule has 0 spiro atoms. The van der Waals surface area contributed by atoms with E-state index in [2.05, 4.69) is 58.9 Å². The molecule has 1 nitrogen and oxygen atoms in total. The average molecular weight is 296 g/mol. The highest BCUT2D eigenvalue weighted by Gasteiger charge is 2.48. The van der Waals surface area contributed by atoms with Crippen LogP contribution in [0, 0.1) is 0 Å². The van der Waals surface area contributed by atoms with Crippen molar-refractivity contribution in [1.82, 2.24) is 4.90 Å². The van der Waals surface area contributed by atoms with Crippen molar-refractivity contribution < 1.29 is 0 Å². The molecule has 1 fully saturated rings. The molecule has 0 aliphatic heterocycles. The molecule has 0 amide bonds. The fourth-order valence-electron chi connectivity index (χ4n) is 2.75. The van der Waals surface area contributed by atoms with Gasteiger partial charge in [-0.25, -0.2) is 0 Å². The third-order valence-electron chi connectivity index (χ3n) is 3.70. The Balaban J connectivity index is 2.19. The highest BCUT2D eigenvalue weighted by Crippen LogP contribution is 2.51. The van der Waals surface area contributed by atoms with Crippen LogP contribution in [0.1, 0.15) is 45.1 Å². The summed E-state index contributed by atoms with van der Waals surface area (Å²) in [6, 6.07) is 8.92. The van der Waals surface area contributed by atoms with E-state index >= 15 is 0 Å². The number of hydrogen-bond donors (Lipinski definition) is 0. The van der Waals surface area contributed by atoms with Crippen molar-refractivity contribution in [2.75, 3.05) is 13.1 Å². The van der Waals surface area contributed by atoms with E-state index in [0.717, 1.165) is 0 Å². The van der Waals surface area contributed by atoms with Gasteiger partial charge >= 0.3 is 0 Å². The van der Waals surface area contributed by atoms with E-state index in [1.165, 1.54) is 48.8 Å². The lowest BCUT2D eigenvalue weighted by Crippen LogP contribution is -2.36. The zero-order valence-corrected chi connectivity index (χ0v) is 12.5. The first-order valence-corrected chi connectivity index (χ1v) is 7.53. The van der Waals surface area contributed by atoms with Crippen LogP contribution in [0.2, 0.25) is 0 Å². The highest BCUT2D eigenvalue weighted by atomic mass is 79.9. The Kier molecular flexibility index (Phi) is 4.26. The fraction of sp³-hybridized carbons (Fsp3) is 0.600. The number of hydrogen-bond acceptors (Lipinski definition) is 1. The van der Waals surface area contributed by atoms with E-state index in [-0.39, 0.29) is 0 Å². The number of rotatable bonds is 6. The lowest BCUT2D eigenvalue weighted by molar-refractivity contribution is 0.176. The van der Waals surface area contributed by atoms with Gasteiger partial charge in [0, 0.05) is 10.0 Å². The summed E-state index contributed by atoms with van der Waals surface area (Å²) in [5.74, 6) is 0. The Morgan fingerprint density at radius 1 is 1.06 bits per heavy atom. The van der Waals surface area contributed by atoms with E-state index in [9.17, 15) is 0 Å². The van der Waals surface area contributed by atoms with Gasteiger partial charge in [0.25, 0.3) is 0 Å². The van der Waals surface area contributed by atoms with Crippen LogP contribution in [0.3, 0.4) is 0 Å². The third-order valence-corrected chi connectivity index (χ3v) is 4.23. The maximum atomic E-state index is 3.52. The Bertz CT molecular complexity index is 348. The van der Waals surface area contributed by atoms with Gasteiger partial charge in [-0.3, -0.25) is 4.90 Å². The normalized spacial score (nSPS) is 17.4. The molecule has 0 bridgehead atoms. The van der Waals surface area contributed by atoms with Gasteiger partial charge in [-0.2, -0.15) is 0 Å². The minimum atomic E-state index is 0.368. The first-order chi connectivity index (χ1) is 8.23. The van der Waals surface area contributed by atoms with Crippen molar-refractivity contribution in [1.29, 1.82) is 0 Å². The summed E-state index contributed by atoms with van der Waals surface area (Å²) >= 11 is 3.52.